The second-order valence-electron chi connectivity index (χ2n) is 9.33. The summed E-state index contributed by atoms with van der Waals surface area (Å²) in [5, 5.41) is 3.01. The molecule has 0 saturated carbocycles. The molecule has 1 N–H and O–H groups in total. The van der Waals surface area contributed by atoms with E-state index in [1.165, 1.54) is 0 Å². The molecular formula is C23H33N5O. The molecular weight excluding hydrogens is 362 g/mol. The van der Waals surface area contributed by atoms with E-state index in [0.717, 1.165) is 54.3 Å². The van der Waals surface area contributed by atoms with Gasteiger partial charge in [0, 0.05) is 27.1 Å². The van der Waals surface area contributed by atoms with E-state index in [9.17, 15) is 4.79 Å². The van der Waals surface area contributed by atoms with Gasteiger partial charge in [-0.25, -0.2) is 4.98 Å². The molecule has 0 aromatic carbocycles. The SMILES string of the molecule is Cc1cc2c(nc1NC(=O)CC(C)(C)C)CCCN2Cc1ccc(N(C)C)cn1. The monoisotopic (exact) mass is 395 g/mol. The van der Waals surface area contributed by atoms with E-state index in [2.05, 4.69) is 59.1 Å². The number of hydrogen-bond donors (Lipinski definition) is 1. The number of anilines is 3. The number of amides is 1. The lowest BCUT2D eigenvalue weighted by molar-refractivity contribution is -0.117. The molecule has 156 valence electrons. The van der Waals surface area contributed by atoms with E-state index in [1.54, 1.807) is 0 Å². The Morgan fingerprint density at radius 3 is 2.66 bits per heavy atom. The third-order valence-corrected chi connectivity index (χ3v) is 5.08. The van der Waals surface area contributed by atoms with E-state index in [-0.39, 0.29) is 11.3 Å². The Balaban J connectivity index is 1.77. The van der Waals surface area contributed by atoms with Crippen LogP contribution in [0.5, 0.6) is 0 Å². The number of nitrogens with zero attached hydrogens (tertiary/aromatic N) is 4. The topological polar surface area (TPSA) is 61.4 Å². The van der Waals surface area contributed by atoms with Gasteiger partial charge < -0.3 is 15.1 Å². The zero-order valence-corrected chi connectivity index (χ0v) is 18.5. The number of fused-ring (bicyclic) bond motifs is 1. The summed E-state index contributed by atoms with van der Waals surface area (Å²) in [6.45, 7) is 9.96. The van der Waals surface area contributed by atoms with Gasteiger partial charge in [-0.2, -0.15) is 0 Å². The van der Waals surface area contributed by atoms with Crippen molar-refractivity contribution in [1.29, 1.82) is 0 Å². The van der Waals surface area contributed by atoms with Crippen LogP contribution in [0.25, 0.3) is 0 Å². The molecule has 3 rings (SSSR count). The number of hydrogen-bond acceptors (Lipinski definition) is 5. The summed E-state index contributed by atoms with van der Waals surface area (Å²) in [4.78, 5) is 26.2. The molecule has 0 bridgehead atoms. The van der Waals surface area contributed by atoms with Crippen molar-refractivity contribution < 1.29 is 4.79 Å². The van der Waals surface area contributed by atoms with Gasteiger partial charge in [0.2, 0.25) is 5.91 Å². The van der Waals surface area contributed by atoms with Gasteiger partial charge in [-0.15, -0.1) is 0 Å². The molecule has 1 aliphatic rings. The van der Waals surface area contributed by atoms with E-state index < -0.39 is 0 Å². The van der Waals surface area contributed by atoms with Crippen molar-refractivity contribution in [2.45, 2.75) is 53.5 Å². The Labute approximate surface area is 174 Å². The highest BCUT2D eigenvalue weighted by Gasteiger charge is 2.22. The van der Waals surface area contributed by atoms with Crippen LogP contribution in [0, 0.1) is 12.3 Å². The first kappa shape index (κ1) is 21.1. The summed E-state index contributed by atoms with van der Waals surface area (Å²) in [7, 11) is 4.04. The fourth-order valence-electron chi connectivity index (χ4n) is 3.57. The average Bonchev–Trinajstić information content (AvgIpc) is 2.62. The highest BCUT2D eigenvalue weighted by Crippen LogP contribution is 2.31. The molecule has 6 heteroatoms. The molecule has 0 aliphatic carbocycles. The summed E-state index contributed by atoms with van der Waals surface area (Å²) in [6.07, 6.45) is 4.37. The van der Waals surface area contributed by atoms with Crippen LogP contribution >= 0.6 is 0 Å². The first-order chi connectivity index (χ1) is 13.6. The van der Waals surface area contributed by atoms with E-state index in [0.29, 0.717) is 12.2 Å². The molecule has 29 heavy (non-hydrogen) atoms. The minimum atomic E-state index is -0.0435. The molecule has 1 aliphatic heterocycles. The fraction of sp³-hybridized carbons (Fsp3) is 0.522. The van der Waals surface area contributed by atoms with Gasteiger partial charge in [0.25, 0.3) is 0 Å². The number of aromatic nitrogens is 2. The minimum Gasteiger partial charge on any atom is -0.376 e. The zero-order valence-electron chi connectivity index (χ0n) is 18.5. The van der Waals surface area contributed by atoms with Gasteiger partial charge in [0.15, 0.2) is 0 Å². The maximum Gasteiger partial charge on any atom is 0.226 e. The number of aryl methyl sites for hydroxylation is 2. The Kier molecular flexibility index (Phi) is 6.10. The number of pyridine rings is 2. The lowest BCUT2D eigenvalue weighted by atomic mass is 9.92. The van der Waals surface area contributed by atoms with E-state index in [1.807, 2.05) is 27.2 Å². The molecule has 3 heterocycles. The van der Waals surface area contributed by atoms with Crippen LogP contribution in [0.2, 0.25) is 0 Å². The Hall–Kier alpha value is -2.63. The van der Waals surface area contributed by atoms with Crippen LogP contribution in [0.1, 0.15) is 50.6 Å². The van der Waals surface area contributed by atoms with Crippen LogP contribution in [0.4, 0.5) is 17.2 Å². The molecule has 0 unspecified atom stereocenters. The molecule has 0 atom stereocenters. The second-order valence-corrected chi connectivity index (χ2v) is 9.33. The predicted molar refractivity (Wildman–Crippen MR) is 120 cm³/mol. The van der Waals surface area contributed by atoms with Gasteiger partial charge in [-0.3, -0.25) is 9.78 Å². The smallest absolute Gasteiger partial charge is 0.226 e. The van der Waals surface area contributed by atoms with E-state index in [4.69, 9.17) is 4.98 Å². The number of carbonyl (C=O) groups is 1. The summed E-state index contributed by atoms with van der Waals surface area (Å²) in [6, 6.07) is 6.35. The van der Waals surface area contributed by atoms with Gasteiger partial charge in [-0.05, 0) is 48.9 Å². The van der Waals surface area contributed by atoms with Gasteiger partial charge in [0.1, 0.15) is 5.82 Å². The largest absolute Gasteiger partial charge is 0.376 e. The first-order valence-corrected chi connectivity index (χ1v) is 10.3. The third-order valence-electron chi connectivity index (χ3n) is 5.08. The predicted octanol–water partition coefficient (Wildman–Crippen LogP) is 4.18. The summed E-state index contributed by atoms with van der Waals surface area (Å²) >= 11 is 0. The molecule has 0 fully saturated rings. The highest BCUT2D eigenvalue weighted by atomic mass is 16.1. The molecule has 2 aromatic rings. The van der Waals surface area contributed by atoms with Crippen LogP contribution in [0.3, 0.4) is 0 Å². The quantitative estimate of drug-likeness (QED) is 0.823. The summed E-state index contributed by atoms with van der Waals surface area (Å²) in [5.74, 6) is 0.708. The van der Waals surface area contributed by atoms with E-state index >= 15 is 0 Å². The van der Waals surface area contributed by atoms with Crippen molar-refractivity contribution >= 4 is 23.1 Å². The molecule has 6 nitrogen and oxygen atoms in total. The number of carbonyl (C=O) groups excluding carboxylic acids is 1. The highest BCUT2D eigenvalue weighted by molar-refractivity contribution is 5.91. The number of nitrogens with one attached hydrogen (secondary N) is 1. The van der Waals surface area contributed by atoms with Crippen molar-refractivity contribution in [1.82, 2.24) is 9.97 Å². The zero-order chi connectivity index (χ0) is 21.2. The third kappa shape index (κ3) is 5.46. The molecule has 1 amide bonds. The molecule has 0 saturated heterocycles. The fourth-order valence-corrected chi connectivity index (χ4v) is 3.57. The first-order valence-electron chi connectivity index (χ1n) is 10.3. The average molecular weight is 396 g/mol. The van der Waals surface area contributed by atoms with Crippen molar-refractivity contribution in [3.05, 3.63) is 41.3 Å². The Bertz CT molecular complexity index is 868. The standard InChI is InChI=1S/C23H33N5O/c1-16-12-20-19(25-22(16)26-21(29)13-23(2,3)4)8-7-11-28(20)15-17-9-10-18(14-24-17)27(5)6/h9-10,12,14H,7-8,11,13,15H2,1-6H3,(H,25,26,29). The Morgan fingerprint density at radius 2 is 2.03 bits per heavy atom. The van der Waals surface area contributed by atoms with Crippen molar-refractivity contribution in [2.75, 3.05) is 35.8 Å². The van der Waals surface area contributed by atoms with Gasteiger partial charge in [-0.1, -0.05) is 20.8 Å². The van der Waals surface area contributed by atoms with Crippen molar-refractivity contribution in [3.8, 4) is 0 Å². The van der Waals surface area contributed by atoms with Crippen molar-refractivity contribution in [3.63, 3.8) is 0 Å². The number of rotatable bonds is 5. The lowest BCUT2D eigenvalue weighted by Gasteiger charge is -2.31. The van der Waals surface area contributed by atoms with Crippen molar-refractivity contribution in [2.24, 2.45) is 5.41 Å². The van der Waals surface area contributed by atoms with Crippen LogP contribution < -0.4 is 15.1 Å². The lowest BCUT2D eigenvalue weighted by Crippen LogP contribution is -2.30. The molecule has 0 radical (unpaired) electrons. The summed E-state index contributed by atoms with van der Waals surface area (Å²) < 4.78 is 0. The maximum atomic E-state index is 12.4. The normalized spacial score (nSPS) is 13.8. The Morgan fingerprint density at radius 1 is 1.28 bits per heavy atom. The van der Waals surface area contributed by atoms with Crippen LogP contribution in [0.15, 0.2) is 24.4 Å². The molecule has 0 spiro atoms. The van der Waals surface area contributed by atoms with Crippen LogP contribution in [-0.2, 0) is 17.8 Å². The van der Waals surface area contributed by atoms with Gasteiger partial charge >= 0.3 is 0 Å². The van der Waals surface area contributed by atoms with Crippen LogP contribution in [-0.4, -0.2) is 36.5 Å². The molecule has 2 aromatic heterocycles. The van der Waals surface area contributed by atoms with Gasteiger partial charge in [0.05, 0.1) is 35.5 Å². The maximum absolute atomic E-state index is 12.4. The summed E-state index contributed by atoms with van der Waals surface area (Å²) in [5.41, 5.74) is 5.30. The minimum absolute atomic E-state index is 0.0193. The second kappa shape index (κ2) is 8.39.